The molecule has 1 amide bonds. The fourth-order valence-electron chi connectivity index (χ4n) is 2.60. The van der Waals surface area contributed by atoms with Crippen LogP contribution in [-0.2, 0) is 14.3 Å². The molecule has 0 aromatic heterocycles. The standard InChI is InChI=1S/C16H23ClN2O3/c1-21-9-10-22-12-16(20)18-13-5-4-8-19(11-13)15-7-3-2-6-14(15)17/h2-3,6-7,13H,4-5,8-12H2,1H3,(H,18,20)/t13-/m1/s1. The van der Waals surface area contributed by atoms with E-state index in [9.17, 15) is 4.79 Å². The van der Waals surface area contributed by atoms with E-state index in [0.29, 0.717) is 13.2 Å². The van der Waals surface area contributed by atoms with Crippen molar-refractivity contribution >= 4 is 23.2 Å². The van der Waals surface area contributed by atoms with E-state index in [1.165, 1.54) is 0 Å². The average Bonchev–Trinajstić information content (AvgIpc) is 2.52. The molecule has 122 valence electrons. The van der Waals surface area contributed by atoms with Crippen molar-refractivity contribution in [2.75, 3.05) is 44.9 Å². The normalized spacial score (nSPS) is 18.3. The predicted octanol–water partition coefficient (Wildman–Crippen LogP) is 2.09. The number of halogens is 1. The summed E-state index contributed by atoms with van der Waals surface area (Å²) in [6, 6.07) is 7.94. The van der Waals surface area contributed by atoms with Crippen LogP contribution in [0, 0.1) is 0 Å². The molecular formula is C16H23ClN2O3. The Bertz CT molecular complexity index is 484. The van der Waals surface area contributed by atoms with Crippen LogP contribution in [0.25, 0.3) is 0 Å². The summed E-state index contributed by atoms with van der Waals surface area (Å²) in [5.41, 5.74) is 1.03. The van der Waals surface area contributed by atoms with Gasteiger partial charge in [0.05, 0.1) is 23.9 Å². The first-order chi connectivity index (χ1) is 10.7. The molecule has 1 aliphatic rings. The zero-order chi connectivity index (χ0) is 15.8. The first-order valence-electron chi connectivity index (χ1n) is 7.56. The number of rotatable bonds is 7. The number of hydrogen-bond acceptors (Lipinski definition) is 4. The monoisotopic (exact) mass is 326 g/mol. The minimum atomic E-state index is -0.0814. The molecule has 0 unspecified atom stereocenters. The summed E-state index contributed by atoms with van der Waals surface area (Å²) in [5, 5.41) is 3.77. The number of benzene rings is 1. The van der Waals surface area contributed by atoms with Crippen molar-refractivity contribution in [1.82, 2.24) is 5.32 Å². The summed E-state index contributed by atoms with van der Waals surface area (Å²) in [6.07, 6.45) is 2.01. The quantitative estimate of drug-likeness (QED) is 0.780. The molecule has 1 aromatic carbocycles. The second-order valence-corrected chi connectivity index (χ2v) is 5.76. The number of carbonyl (C=O) groups is 1. The van der Waals surface area contributed by atoms with Crippen molar-refractivity contribution in [3.05, 3.63) is 29.3 Å². The van der Waals surface area contributed by atoms with Gasteiger partial charge in [0.2, 0.25) is 5.91 Å². The number of anilines is 1. The zero-order valence-corrected chi connectivity index (χ0v) is 13.6. The first-order valence-corrected chi connectivity index (χ1v) is 7.94. The molecule has 5 nitrogen and oxygen atoms in total. The zero-order valence-electron chi connectivity index (χ0n) is 12.9. The second kappa shape index (κ2) is 8.98. The van der Waals surface area contributed by atoms with Gasteiger partial charge in [0.1, 0.15) is 6.61 Å². The summed E-state index contributed by atoms with van der Waals surface area (Å²) in [4.78, 5) is 14.1. The third kappa shape index (κ3) is 5.16. The molecule has 0 bridgehead atoms. The number of piperidine rings is 1. The highest BCUT2D eigenvalue weighted by molar-refractivity contribution is 6.33. The van der Waals surface area contributed by atoms with Crippen molar-refractivity contribution in [2.24, 2.45) is 0 Å². The van der Waals surface area contributed by atoms with Gasteiger partial charge in [-0.1, -0.05) is 23.7 Å². The summed E-state index contributed by atoms with van der Waals surface area (Å²) >= 11 is 6.25. The van der Waals surface area contributed by atoms with Crippen LogP contribution in [0.2, 0.25) is 5.02 Å². The lowest BCUT2D eigenvalue weighted by Crippen LogP contribution is -2.48. The molecule has 0 aliphatic carbocycles. The highest BCUT2D eigenvalue weighted by Crippen LogP contribution is 2.27. The minimum absolute atomic E-state index is 0.0754. The van der Waals surface area contributed by atoms with Crippen LogP contribution in [0.4, 0.5) is 5.69 Å². The van der Waals surface area contributed by atoms with Crippen molar-refractivity contribution in [3.8, 4) is 0 Å². The highest BCUT2D eigenvalue weighted by atomic mass is 35.5. The van der Waals surface area contributed by atoms with Gasteiger partial charge in [-0.15, -0.1) is 0 Å². The minimum Gasteiger partial charge on any atom is -0.382 e. The van der Waals surface area contributed by atoms with Gasteiger partial charge in [0.25, 0.3) is 0 Å². The van der Waals surface area contributed by atoms with Gasteiger partial charge < -0.3 is 19.7 Å². The Hall–Kier alpha value is -1.30. The molecule has 0 spiro atoms. The fraction of sp³-hybridized carbons (Fsp3) is 0.562. The Labute approximate surface area is 136 Å². The van der Waals surface area contributed by atoms with E-state index in [4.69, 9.17) is 21.1 Å². The van der Waals surface area contributed by atoms with Crippen LogP contribution in [0.3, 0.4) is 0 Å². The van der Waals surface area contributed by atoms with E-state index in [2.05, 4.69) is 10.2 Å². The van der Waals surface area contributed by atoms with E-state index >= 15 is 0 Å². The van der Waals surface area contributed by atoms with Crippen LogP contribution < -0.4 is 10.2 Å². The molecule has 1 saturated heterocycles. The van der Waals surface area contributed by atoms with Gasteiger partial charge in [0.15, 0.2) is 0 Å². The van der Waals surface area contributed by atoms with Gasteiger partial charge in [-0.25, -0.2) is 0 Å². The molecule has 22 heavy (non-hydrogen) atoms. The number of nitrogens with one attached hydrogen (secondary N) is 1. The lowest BCUT2D eigenvalue weighted by Gasteiger charge is -2.35. The van der Waals surface area contributed by atoms with Crippen LogP contribution in [0.1, 0.15) is 12.8 Å². The maximum Gasteiger partial charge on any atom is 0.246 e. The SMILES string of the molecule is COCCOCC(=O)N[C@@H]1CCCN(c2ccccc2Cl)C1. The molecule has 1 atom stereocenters. The highest BCUT2D eigenvalue weighted by Gasteiger charge is 2.22. The largest absolute Gasteiger partial charge is 0.382 e. The molecule has 2 rings (SSSR count). The third-order valence-electron chi connectivity index (χ3n) is 3.64. The second-order valence-electron chi connectivity index (χ2n) is 5.35. The molecule has 1 heterocycles. The summed E-state index contributed by atoms with van der Waals surface area (Å²) < 4.78 is 10.1. The molecular weight excluding hydrogens is 304 g/mol. The Morgan fingerprint density at radius 3 is 3.00 bits per heavy atom. The van der Waals surface area contributed by atoms with Gasteiger partial charge in [-0.05, 0) is 25.0 Å². The summed E-state index contributed by atoms with van der Waals surface area (Å²) in [6.45, 7) is 2.73. The van der Waals surface area contributed by atoms with E-state index < -0.39 is 0 Å². The lowest BCUT2D eigenvalue weighted by atomic mass is 10.0. The molecule has 1 fully saturated rings. The molecule has 0 radical (unpaired) electrons. The van der Waals surface area contributed by atoms with Gasteiger partial charge >= 0.3 is 0 Å². The molecule has 1 aromatic rings. The maximum atomic E-state index is 11.9. The predicted molar refractivity (Wildman–Crippen MR) is 87.5 cm³/mol. The Morgan fingerprint density at radius 2 is 2.23 bits per heavy atom. The van der Waals surface area contributed by atoms with Gasteiger partial charge in [-0.3, -0.25) is 4.79 Å². The van der Waals surface area contributed by atoms with E-state index in [1.54, 1.807) is 7.11 Å². The average molecular weight is 327 g/mol. The van der Waals surface area contributed by atoms with Gasteiger partial charge in [-0.2, -0.15) is 0 Å². The van der Waals surface area contributed by atoms with E-state index in [-0.39, 0.29) is 18.6 Å². The Balaban J connectivity index is 1.81. The number of methoxy groups -OCH3 is 1. The van der Waals surface area contributed by atoms with Crippen LogP contribution in [0.15, 0.2) is 24.3 Å². The summed E-state index contributed by atoms with van der Waals surface area (Å²) in [7, 11) is 1.61. The number of amides is 1. The van der Waals surface area contributed by atoms with Gasteiger partial charge in [0, 0.05) is 26.2 Å². The van der Waals surface area contributed by atoms with Crippen LogP contribution in [0.5, 0.6) is 0 Å². The van der Waals surface area contributed by atoms with Crippen molar-refractivity contribution < 1.29 is 14.3 Å². The van der Waals surface area contributed by atoms with Crippen LogP contribution >= 0.6 is 11.6 Å². The topological polar surface area (TPSA) is 50.8 Å². The Kier molecular flexibility index (Phi) is 6.96. The third-order valence-corrected chi connectivity index (χ3v) is 3.96. The number of carbonyl (C=O) groups excluding carboxylic acids is 1. The first kappa shape index (κ1) is 17.1. The van der Waals surface area contributed by atoms with E-state index in [1.807, 2.05) is 24.3 Å². The maximum absolute atomic E-state index is 11.9. The van der Waals surface area contributed by atoms with Crippen LogP contribution in [-0.4, -0.2) is 52.0 Å². The number of hydrogen-bond donors (Lipinski definition) is 1. The lowest BCUT2D eigenvalue weighted by molar-refractivity contribution is -0.126. The van der Waals surface area contributed by atoms with E-state index in [0.717, 1.165) is 36.6 Å². The molecule has 0 saturated carbocycles. The van der Waals surface area contributed by atoms with Crippen molar-refractivity contribution in [1.29, 1.82) is 0 Å². The smallest absolute Gasteiger partial charge is 0.246 e. The fourth-order valence-corrected chi connectivity index (χ4v) is 2.85. The Morgan fingerprint density at radius 1 is 1.41 bits per heavy atom. The number of nitrogens with zero attached hydrogens (tertiary/aromatic N) is 1. The van der Waals surface area contributed by atoms with Crippen molar-refractivity contribution in [3.63, 3.8) is 0 Å². The molecule has 1 N–H and O–H groups in total. The number of ether oxygens (including phenoxy) is 2. The molecule has 6 heteroatoms. The molecule has 1 aliphatic heterocycles. The number of para-hydroxylation sites is 1. The van der Waals surface area contributed by atoms with Crippen molar-refractivity contribution in [2.45, 2.75) is 18.9 Å². The summed E-state index contributed by atoms with van der Waals surface area (Å²) in [5.74, 6) is -0.0814.